The number of aryl methyl sites for hydroxylation is 1. The first-order valence-corrected chi connectivity index (χ1v) is 15.6. The molecule has 0 spiro atoms. The highest BCUT2D eigenvalue weighted by Gasteiger charge is 2.35. The highest BCUT2D eigenvalue weighted by atomic mass is 79.9. The molecule has 0 bridgehead atoms. The van der Waals surface area contributed by atoms with E-state index in [1.165, 1.54) is 4.90 Å². The normalized spacial score (nSPS) is 14.1. The van der Waals surface area contributed by atoms with Gasteiger partial charge in [0.05, 0.1) is 18.1 Å². The second-order valence-electron chi connectivity index (χ2n) is 10.2. The van der Waals surface area contributed by atoms with Crippen molar-refractivity contribution in [3.8, 4) is 17.2 Å². The molecular formula is C34H36BrNO5S. The third-order valence-corrected chi connectivity index (χ3v) is 8.09. The van der Waals surface area contributed by atoms with Crippen LogP contribution in [0.5, 0.6) is 17.2 Å². The number of amides is 2. The van der Waals surface area contributed by atoms with Crippen LogP contribution in [0.2, 0.25) is 0 Å². The van der Waals surface area contributed by atoms with E-state index in [0.717, 1.165) is 49.8 Å². The fourth-order valence-electron chi connectivity index (χ4n) is 4.57. The zero-order chi connectivity index (χ0) is 30.2. The number of hydrogen-bond donors (Lipinski definition) is 0. The number of allylic oxidation sites excluding steroid dienone is 1. The second kappa shape index (κ2) is 14.6. The van der Waals surface area contributed by atoms with Gasteiger partial charge in [0.15, 0.2) is 11.5 Å². The molecule has 4 rings (SSSR count). The van der Waals surface area contributed by atoms with Crippen LogP contribution < -0.4 is 14.2 Å². The van der Waals surface area contributed by atoms with Gasteiger partial charge in [0.2, 0.25) is 0 Å². The molecule has 0 saturated carbocycles. The molecule has 0 aromatic heterocycles. The van der Waals surface area contributed by atoms with E-state index < -0.39 is 0 Å². The van der Waals surface area contributed by atoms with Crippen molar-refractivity contribution in [2.75, 3.05) is 19.8 Å². The van der Waals surface area contributed by atoms with Gasteiger partial charge in [-0.3, -0.25) is 14.5 Å². The van der Waals surface area contributed by atoms with Crippen molar-refractivity contribution in [2.45, 2.75) is 46.6 Å². The summed E-state index contributed by atoms with van der Waals surface area (Å²) in [4.78, 5) is 27.6. The van der Waals surface area contributed by atoms with E-state index in [0.29, 0.717) is 42.0 Å². The first kappa shape index (κ1) is 31.4. The number of carbonyl (C=O) groups excluding carboxylic acids is 2. The van der Waals surface area contributed by atoms with Gasteiger partial charge in [-0.15, -0.1) is 6.58 Å². The molecule has 0 radical (unpaired) electrons. The Balaban J connectivity index is 1.51. The molecule has 0 N–H and O–H groups in total. The topological polar surface area (TPSA) is 65.1 Å². The molecule has 6 nitrogen and oxygen atoms in total. The van der Waals surface area contributed by atoms with E-state index in [2.05, 4.69) is 48.5 Å². The van der Waals surface area contributed by atoms with Gasteiger partial charge in [-0.05, 0) is 96.6 Å². The zero-order valence-corrected chi connectivity index (χ0v) is 26.8. The molecule has 8 heteroatoms. The lowest BCUT2D eigenvalue weighted by atomic mass is 10.0. The van der Waals surface area contributed by atoms with Crippen LogP contribution in [0.1, 0.15) is 54.5 Å². The van der Waals surface area contributed by atoms with E-state index in [4.69, 9.17) is 14.2 Å². The number of thioether (sulfide) groups is 1. The van der Waals surface area contributed by atoms with Gasteiger partial charge in [-0.1, -0.05) is 60.1 Å². The average molecular weight is 651 g/mol. The largest absolute Gasteiger partial charge is 0.491 e. The number of carbonyl (C=O) groups is 2. The molecule has 3 aromatic rings. The molecule has 0 aliphatic carbocycles. The smallest absolute Gasteiger partial charge is 0.293 e. The Morgan fingerprint density at radius 2 is 1.76 bits per heavy atom. The number of hydrogen-bond acceptors (Lipinski definition) is 6. The molecule has 42 heavy (non-hydrogen) atoms. The fourth-order valence-corrected chi connectivity index (χ4v) is 5.70. The predicted molar refractivity (Wildman–Crippen MR) is 173 cm³/mol. The molecule has 2 amide bonds. The van der Waals surface area contributed by atoms with E-state index in [9.17, 15) is 9.59 Å². The number of ether oxygens (including phenoxy) is 3. The first-order chi connectivity index (χ1) is 20.2. The van der Waals surface area contributed by atoms with Crippen molar-refractivity contribution >= 4 is 44.9 Å². The van der Waals surface area contributed by atoms with Crippen molar-refractivity contribution in [3.63, 3.8) is 0 Å². The average Bonchev–Trinajstić information content (AvgIpc) is 3.21. The van der Waals surface area contributed by atoms with Gasteiger partial charge in [0, 0.05) is 10.0 Å². The number of halogens is 1. The number of rotatable bonds is 13. The minimum Gasteiger partial charge on any atom is -0.491 e. The highest BCUT2D eigenvalue weighted by molar-refractivity contribution is 9.10. The monoisotopic (exact) mass is 649 g/mol. The Kier molecular flexibility index (Phi) is 10.9. The summed E-state index contributed by atoms with van der Waals surface area (Å²) in [5, 5.41) is -0.311. The Morgan fingerprint density at radius 3 is 2.45 bits per heavy atom. The van der Waals surface area contributed by atoms with Crippen molar-refractivity contribution in [3.05, 3.63) is 104 Å². The Morgan fingerprint density at radius 1 is 1.00 bits per heavy atom. The Bertz CT molecular complexity index is 1480. The van der Waals surface area contributed by atoms with Gasteiger partial charge in [0.25, 0.3) is 11.1 Å². The molecule has 0 atom stereocenters. The van der Waals surface area contributed by atoms with Crippen molar-refractivity contribution in [1.29, 1.82) is 0 Å². The van der Waals surface area contributed by atoms with Crippen LogP contribution in [0.25, 0.3) is 6.08 Å². The van der Waals surface area contributed by atoms with Crippen molar-refractivity contribution in [1.82, 2.24) is 4.90 Å². The molecule has 1 fully saturated rings. The second-order valence-corrected chi connectivity index (χ2v) is 12.1. The van der Waals surface area contributed by atoms with Gasteiger partial charge in [0.1, 0.15) is 19.0 Å². The summed E-state index contributed by atoms with van der Waals surface area (Å²) in [6, 6.07) is 17.8. The lowest BCUT2D eigenvalue weighted by Crippen LogP contribution is -2.32. The molecule has 1 heterocycles. The Labute approximate surface area is 260 Å². The first-order valence-electron chi connectivity index (χ1n) is 14.0. The molecule has 3 aromatic carbocycles. The van der Waals surface area contributed by atoms with E-state index >= 15 is 0 Å². The van der Waals surface area contributed by atoms with E-state index in [1.54, 1.807) is 12.2 Å². The summed E-state index contributed by atoms with van der Waals surface area (Å²) in [7, 11) is 0. The predicted octanol–water partition coefficient (Wildman–Crippen LogP) is 8.70. The van der Waals surface area contributed by atoms with Crippen LogP contribution in [0.4, 0.5) is 4.79 Å². The number of imide groups is 1. The standard InChI is InChI=1S/C34H36BrNO5S/c1-6-8-26-18-25(19-30(39-7-2)32(26)41-21-24-10-12-27(35)13-11-24)20-31-33(37)36(34(38)42-31)15-16-40-29-17-23(5)9-14-28(29)22(3)4/h6,9-14,17-20,22H,1,7-8,15-16,21H2,2-5H3/b31-20-. The summed E-state index contributed by atoms with van der Waals surface area (Å²) in [5.41, 5.74) is 4.84. The highest BCUT2D eigenvalue weighted by Crippen LogP contribution is 2.38. The number of benzene rings is 3. The lowest BCUT2D eigenvalue weighted by Gasteiger charge is -2.17. The SMILES string of the molecule is C=CCc1cc(/C=C2\SC(=O)N(CCOc3cc(C)ccc3C(C)C)C2=O)cc(OCC)c1OCc1ccc(Br)cc1. The molecule has 1 saturated heterocycles. The van der Waals surface area contributed by atoms with Gasteiger partial charge < -0.3 is 14.2 Å². The zero-order valence-electron chi connectivity index (χ0n) is 24.4. The van der Waals surface area contributed by atoms with E-state index in [1.807, 2.05) is 56.3 Å². The number of nitrogens with zero attached hydrogens (tertiary/aromatic N) is 1. The van der Waals surface area contributed by atoms with Crippen LogP contribution in [0.3, 0.4) is 0 Å². The van der Waals surface area contributed by atoms with Crippen molar-refractivity contribution in [2.24, 2.45) is 0 Å². The molecule has 220 valence electrons. The summed E-state index contributed by atoms with van der Waals surface area (Å²) in [6.07, 6.45) is 4.08. The minimum absolute atomic E-state index is 0.169. The summed E-state index contributed by atoms with van der Waals surface area (Å²) in [6.45, 7) is 13.2. The lowest BCUT2D eigenvalue weighted by molar-refractivity contribution is -0.123. The van der Waals surface area contributed by atoms with Crippen LogP contribution in [0, 0.1) is 6.92 Å². The quantitative estimate of drug-likeness (QED) is 0.136. The third-order valence-electron chi connectivity index (χ3n) is 6.65. The molecule has 1 aliphatic heterocycles. The Hall–Kier alpha value is -3.49. The van der Waals surface area contributed by atoms with Gasteiger partial charge in [-0.2, -0.15) is 0 Å². The summed E-state index contributed by atoms with van der Waals surface area (Å²) in [5.74, 6) is 1.96. The van der Waals surface area contributed by atoms with Crippen LogP contribution >= 0.6 is 27.7 Å². The summed E-state index contributed by atoms with van der Waals surface area (Å²) >= 11 is 4.39. The molecule has 0 unspecified atom stereocenters. The third kappa shape index (κ3) is 7.86. The van der Waals surface area contributed by atoms with Crippen molar-refractivity contribution < 1.29 is 23.8 Å². The molecule has 1 aliphatic rings. The van der Waals surface area contributed by atoms with Gasteiger partial charge >= 0.3 is 0 Å². The van der Waals surface area contributed by atoms with Gasteiger partial charge in [-0.25, -0.2) is 0 Å². The maximum Gasteiger partial charge on any atom is 0.293 e. The van der Waals surface area contributed by atoms with Crippen LogP contribution in [0.15, 0.2) is 76.6 Å². The maximum absolute atomic E-state index is 13.2. The van der Waals surface area contributed by atoms with Crippen LogP contribution in [-0.2, 0) is 17.8 Å². The fraction of sp³-hybridized carbons (Fsp3) is 0.294. The van der Waals surface area contributed by atoms with Crippen LogP contribution in [-0.4, -0.2) is 35.8 Å². The summed E-state index contributed by atoms with van der Waals surface area (Å²) < 4.78 is 19.2. The molecular weight excluding hydrogens is 614 g/mol. The van der Waals surface area contributed by atoms with E-state index in [-0.39, 0.29) is 24.3 Å². The minimum atomic E-state index is -0.333. The maximum atomic E-state index is 13.2.